The van der Waals surface area contributed by atoms with E-state index >= 15 is 0 Å². The van der Waals surface area contributed by atoms with Gasteiger partial charge in [0.15, 0.2) is 0 Å². The molecule has 94 valence electrons. The largest absolute Gasteiger partial charge is 0.508 e. The number of aliphatic hydroxyl groups excluding tert-OH is 1. The van der Waals surface area contributed by atoms with Crippen molar-refractivity contribution in [1.29, 1.82) is 0 Å². The van der Waals surface area contributed by atoms with E-state index in [4.69, 9.17) is 5.73 Å². The van der Waals surface area contributed by atoms with Crippen molar-refractivity contribution in [2.24, 2.45) is 5.73 Å². The molecule has 0 aliphatic heterocycles. The molecule has 1 unspecified atom stereocenters. The van der Waals surface area contributed by atoms with Gasteiger partial charge in [-0.3, -0.25) is 0 Å². The van der Waals surface area contributed by atoms with Crippen molar-refractivity contribution >= 4 is 0 Å². The van der Waals surface area contributed by atoms with Crippen molar-refractivity contribution in [2.45, 2.75) is 32.3 Å². The Hall–Kier alpha value is -1.32. The van der Waals surface area contributed by atoms with Crippen LogP contribution in [-0.4, -0.2) is 22.4 Å². The molecule has 0 spiro atoms. The van der Waals surface area contributed by atoms with Crippen molar-refractivity contribution in [1.82, 2.24) is 0 Å². The summed E-state index contributed by atoms with van der Waals surface area (Å²) in [6.45, 7) is 4.24. The smallest absolute Gasteiger partial charge is 0.144 e. The molecule has 3 heteroatoms. The predicted octanol–water partition coefficient (Wildman–Crippen LogP) is 2.36. The first kappa shape index (κ1) is 13.7. The molecule has 4 N–H and O–H groups in total. The lowest BCUT2D eigenvalue weighted by Crippen LogP contribution is -2.32. The highest BCUT2D eigenvalue weighted by molar-refractivity contribution is 5.45. The van der Waals surface area contributed by atoms with Gasteiger partial charge in [0.25, 0.3) is 0 Å². The van der Waals surface area contributed by atoms with Gasteiger partial charge in [-0.15, -0.1) is 0 Å². The van der Waals surface area contributed by atoms with Gasteiger partial charge in [0.05, 0.1) is 0 Å². The third-order valence-electron chi connectivity index (χ3n) is 2.79. The Labute approximate surface area is 103 Å². The number of hydrogen-bond acceptors (Lipinski definition) is 3. The molecule has 0 amide bonds. The normalized spacial score (nSPS) is 26.0. The van der Waals surface area contributed by atoms with Crippen LogP contribution in [0.1, 0.15) is 26.7 Å². The van der Waals surface area contributed by atoms with E-state index in [9.17, 15) is 10.2 Å². The lowest BCUT2D eigenvalue weighted by atomic mass is 9.83. The SMILES string of the molecule is CC=CC1=C(O)C(O)(C=CC)CC(CCN)=C1. The molecule has 1 aliphatic carbocycles. The Bertz CT molecular complexity index is 391. The number of rotatable bonds is 4. The van der Waals surface area contributed by atoms with E-state index in [1.807, 2.05) is 26.0 Å². The molecular weight excluding hydrogens is 214 g/mol. The summed E-state index contributed by atoms with van der Waals surface area (Å²) < 4.78 is 0. The summed E-state index contributed by atoms with van der Waals surface area (Å²) in [5.74, 6) is 0.00877. The van der Waals surface area contributed by atoms with Crippen LogP contribution in [0, 0.1) is 0 Å². The van der Waals surface area contributed by atoms with Crippen LogP contribution in [0.25, 0.3) is 0 Å². The molecule has 0 aromatic carbocycles. The van der Waals surface area contributed by atoms with Crippen LogP contribution in [0.5, 0.6) is 0 Å². The van der Waals surface area contributed by atoms with Crippen LogP contribution < -0.4 is 5.73 Å². The Balaban J connectivity index is 3.18. The molecule has 0 saturated carbocycles. The first-order chi connectivity index (χ1) is 8.07. The minimum Gasteiger partial charge on any atom is -0.508 e. The molecule has 0 bridgehead atoms. The average Bonchev–Trinajstić information content (AvgIpc) is 2.26. The third kappa shape index (κ3) is 3.08. The van der Waals surface area contributed by atoms with Gasteiger partial charge in [0, 0.05) is 12.0 Å². The van der Waals surface area contributed by atoms with E-state index in [0.717, 1.165) is 12.0 Å². The third-order valence-corrected chi connectivity index (χ3v) is 2.79. The van der Waals surface area contributed by atoms with Gasteiger partial charge in [-0.05, 0) is 32.9 Å². The van der Waals surface area contributed by atoms with Gasteiger partial charge >= 0.3 is 0 Å². The van der Waals surface area contributed by atoms with Crippen LogP contribution in [-0.2, 0) is 0 Å². The number of allylic oxidation sites excluding steroid dienone is 5. The van der Waals surface area contributed by atoms with Crippen LogP contribution in [0.2, 0.25) is 0 Å². The second kappa shape index (κ2) is 5.84. The van der Waals surface area contributed by atoms with Crippen molar-refractivity contribution in [3.8, 4) is 0 Å². The zero-order valence-corrected chi connectivity index (χ0v) is 10.5. The van der Waals surface area contributed by atoms with Crippen LogP contribution >= 0.6 is 0 Å². The summed E-state index contributed by atoms with van der Waals surface area (Å²) in [6, 6.07) is 0. The maximum Gasteiger partial charge on any atom is 0.144 e. The fourth-order valence-corrected chi connectivity index (χ4v) is 2.09. The van der Waals surface area contributed by atoms with Crippen molar-refractivity contribution in [2.75, 3.05) is 6.54 Å². The Morgan fingerprint density at radius 2 is 2.12 bits per heavy atom. The van der Waals surface area contributed by atoms with Crippen molar-refractivity contribution in [3.63, 3.8) is 0 Å². The second-order valence-electron chi connectivity index (χ2n) is 4.25. The first-order valence-corrected chi connectivity index (χ1v) is 5.89. The molecule has 1 atom stereocenters. The summed E-state index contributed by atoms with van der Waals surface area (Å²) >= 11 is 0. The van der Waals surface area contributed by atoms with Crippen molar-refractivity contribution < 1.29 is 10.2 Å². The highest BCUT2D eigenvalue weighted by Crippen LogP contribution is 2.34. The van der Waals surface area contributed by atoms with Crippen LogP contribution in [0.4, 0.5) is 0 Å². The van der Waals surface area contributed by atoms with E-state index in [1.54, 1.807) is 18.2 Å². The van der Waals surface area contributed by atoms with Gasteiger partial charge in [-0.2, -0.15) is 0 Å². The summed E-state index contributed by atoms with van der Waals surface area (Å²) in [5.41, 5.74) is 5.96. The molecule has 0 aromatic rings. The minimum atomic E-state index is -1.29. The zero-order chi connectivity index (χ0) is 12.9. The first-order valence-electron chi connectivity index (χ1n) is 5.89. The molecule has 0 saturated heterocycles. The van der Waals surface area contributed by atoms with E-state index in [2.05, 4.69) is 0 Å². The van der Waals surface area contributed by atoms with Crippen LogP contribution in [0.15, 0.2) is 47.3 Å². The summed E-state index contributed by atoms with van der Waals surface area (Å²) in [5, 5.41) is 20.5. The maximum absolute atomic E-state index is 10.4. The molecular formula is C14H21NO2. The second-order valence-corrected chi connectivity index (χ2v) is 4.25. The van der Waals surface area contributed by atoms with Gasteiger partial charge in [-0.1, -0.05) is 29.9 Å². The predicted molar refractivity (Wildman–Crippen MR) is 70.6 cm³/mol. The maximum atomic E-state index is 10.4. The van der Waals surface area contributed by atoms with Gasteiger partial charge in [0.1, 0.15) is 11.4 Å². The zero-order valence-electron chi connectivity index (χ0n) is 10.5. The monoisotopic (exact) mass is 235 g/mol. The number of nitrogens with two attached hydrogens (primary N) is 1. The lowest BCUT2D eigenvalue weighted by Gasteiger charge is -2.30. The summed E-state index contributed by atoms with van der Waals surface area (Å²) in [4.78, 5) is 0. The average molecular weight is 235 g/mol. The Kier molecular flexibility index (Phi) is 4.73. The highest BCUT2D eigenvalue weighted by Gasteiger charge is 2.34. The lowest BCUT2D eigenvalue weighted by molar-refractivity contribution is 0.0764. The van der Waals surface area contributed by atoms with E-state index in [-0.39, 0.29) is 5.76 Å². The summed E-state index contributed by atoms with van der Waals surface area (Å²) in [7, 11) is 0. The molecule has 0 radical (unpaired) electrons. The Morgan fingerprint density at radius 1 is 1.41 bits per heavy atom. The fraction of sp³-hybridized carbons (Fsp3) is 0.429. The standard InChI is InChI=1S/C14H21NO2/c1-3-5-12-9-11(6-8-15)10-14(17,7-4-2)13(12)16/h3-5,7,9,16-17H,6,8,10,15H2,1-2H3. The van der Waals surface area contributed by atoms with E-state index < -0.39 is 5.60 Å². The molecule has 3 nitrogen and oxygen atoms in total. The Morgan fingerprint density at radius 3 is 2.65 bits per heavy atom. The minimum absolute atomic E-state index is 0.00877. The van der Waals surface area contributed by atoms with Gasteiger partial charge in [-0.25, -0.2) is 0 Å². The van der Waals surface area contributed by atoms with Crippen molar-refractivity contribution in [3.05, 3.63) is 47.3 Å². The molecule has 0 fully saturated rings. The quantitative estimate of drug-likeness (QED) is 0.655. The molecule has 1 rings (SSSR count). The molecule has 17 heavy (non-hydrogen) atoms. The topological polar surface area (TPSA) is 66.5 Å². The number of hydrogen-bond donors (Lipinski definition) is 3. The number of aliphatic hydroxyl groups is 2. The van der Waals surface area contributed by atoms with Gasteiger partial charge in [0.2, 0.25) is 0 Å². The molecule has 1 aliphatic rings. The van der Waals surface area contributed by atoms with E-state index in [0.29, 0.717) is 18.5 Å². The highest BCUT2D eigenvalue weighted by atomic mass is 16.3. The molecule has 0 aromatic heterocycles. The fourth-order valence-electron chi connectivity index (χ4n) is 2.09. The molecule has 0 heterocycles. The summed E-state index contributed by atoms with van der Waals surface area (Å²) in [6.07, 6.45) is 10.0. The van der Waals surface area contributed by atoms with E-state index in [1.165, 1.54) is 0 Å². The van der Waals surface area contributed by atoms with Crippen LogP contribution in [0.3, 0.4) is 0 Å². The van der Waals surface area contributed by atoms with Gasteiger partial charge < -0.3 is 15.9 Å².